The molecule has 106 valence electrons. The van der Waals surface area contributed by atoms with Crippen LogP contribution in [0.5, 0.6) is 0 Å². The molecule has 0 aliphatic carbocycles. The van der Waals surface area contributed by atoms with E-state index in [1.54, 1.807) is 0 Å². The highest BCUT2D eigenvalue weighted by Gasteiger charge is 2.30. The summed E-state index contributed by atoms with van der Waals surface area (Å²) in [5.41, 5.74) is 0. The Bertz CT molecular complexity index is 245. The fraction of sp³-hybridized carbons (Fsp3) is 0.929. The zero-order valence-electron chi connectivity index (χ0n) is 11.5. The molecule has 1 rings (SSSR count). The maximum Gasteiger partial charge on any atom is 0.304 e. The fourth-order valence-electron chi connectivity index (χ4n) is 3.06. The molecular formula is C14H27NO3. The van der Waals surface area contributed by atoms with Crippen LogP contribution in [0.2, 0.25) is 0 Å². The van der Waals surface area contributed by atoms with Gasteiger partial charge in [-0.3, -0.25) is 9.69 Å². The van der Waals surface area contributed by atoms with E-state index < -0.39 is 5.97 Å². The monoisotopic (exact) mass is 257 g/mol. The SMILES string of the molecule is CCCCCC1CCCC(CC(=O)O)N1CCO. The normalized spacial score (nSPS) is 25.2. The van der Waals surface area contributed by atoms with Gasteiger partial charge in [-0.25, -0.2) is 0 Å². The zero-order valence-corrected chi connectivity index (χ0v) is 11.5. The Morgan fingerprint density at radius 2 is 2.00 bits per heavy atom. The maximum atomic E-state index is 10.9. The number of β-amino-alcohol motifs (C(OH)–C–C–N with tert-alkyl or cyclic N) is 1. The van der Waals surface area contributed by atoms with E-state index in [9.17, 15) is 9.90 Å². The summed E-state index contributed by atoms with van der Waals surface area (Å²) >= 11 is 0. The molecule has 0 bridgehead atoms. The van der Waals surface area contributed by atoms with Crippen molar-refractivity contribution in [2.45, 2.75) is 70.4 Å². The van der Waals surface area contributed by atoms with E-state index in [2.05, 4.69) is 11.8 Å². The highest BCUT2D eigenvalue weighted by molar-refractivity contribution is 5.67. The average Bonchev–Trinajstić information content (AvgIpc) is 2.32. The molecule has 4 nitrogen and oxygen atoms in total. The average molecular weight is 257 g/mol. The van der Waals surface area contributed by atoms with Crippen LogP contribution >= 0.6 is 0 Å². The van der Waals surface area contributed by atoms with Gasteiger partial charge in [0.15, 0.2) is 0 Å². The van der Waals surface area contributed by atoms with Crippen molar-refractivity contribution in [1.82, 2.24) is 4.90 Å². The van der Waals surface area contributed by atoms with Gasteiger partial charge < -0.3 is 10.2 Å². The van der Waals surface area contributed by atoms with Crippen molar-refractivity contribution >= 4 is 5.97 Å². The molecule has 0 aromatic carbocycles. The molecule has 0 spiro atoms. The first-order valence-corrected chi connectivity index (χ1v) is 7.27. The molecule has 2 N–H and O–H groups in total. The van der Waals surface area contributed by atoms with Gasteiger partial charge in [0, 0.05) is 18.6 Å². The Morgan fingerprint density at radius 3 is 2.61 bits per heavy atom. The van der Waals surface area contributed by atoms with Crippen molar-refractivity contribution in [3.63, 3.8) is 0 Å². The first-order valence-electron chi connectivity index (χ1n) is 7.27. The summed E-state index contributed by atoms with van der Waals surface area (Å²) in [4.78, 5) is 13.1. The van der Waals surface area contributed by atoms with Crippen LogP contribution < -0.4 is 0 Å². The molecule has 2 unspecified atom stereocenters. The van der Waals surface area contributed by atoms with Crippen LogP contribution in [0.4, 0.5) is 0 Å². The molecule has 0 aromatic rings. The number of nitrogens with zero attached hydrogens (tertiary/aromatic N) is 1. The quantitative estimate of drug-likeness (QED) is 0.655. The molecule has 18 heavy (non-hydrogen) atoms. The van der Waals surface area contributed by atoms with Gasteiger partial charge in [-0.05, 0) is 19.3 Å². The number of unbranched alkanes of at least 4 members (excludes halogenated alkanes) is 2. The number of likely N-dealkylation sites (tertiary alicyclic amines) is 1. The van der Waals surface area contributed by atoms with Crippen molar-refractivity contribution in [2.75, 3.05) is 13.2 Å². The molecular weight excluding hydrogens is 230 g/mol. The van der Waals surface area contributed by atoms with Gasteiger partial charge in [-0.2, -0.15) is 0 Å². The first kappa shape index (κ1) is 15.4. The Labute approximate surface area is 110 Å². The second-order valence-corrected chi connectivity index (χ2v) is 5.29. The number of carboxylic acids is 1. The number of aliphatic hydroxyl groups excluding tert-OH is 1. The lowest BCUT2D eigenvalue weighted by Gasteiger charge is -2.41. The summed E-state index contributed by atoms with van der Waals surface area (Å²) in [7, 11) is 0. The van der Waals surface area contributed by atoms with Crippen molar-refractivity contribution in [2.24, 2.45) is 0 Å². The number of carboxylic acid groups (broad SMARTS) is 1. The summed E-state index contributed by atoms with van der Waals surface area (Å²) in [6.07, 6.45) is 8.25. The van der Waals surface area contributed by atoms with Crippen LogP contribution in [0.15, 0.2) is 0 Å². The van der Waals surface area contributed by atoms with E-state index in [0.29, 0.717) is 12.6 Å². The van der Waals surface area contributed by atoms with Crippen LogP contribution in [-0.4, -0.2) is 46.3 Å². The van der Waals surface area contributed by atoms with Gasteiger partial charge in [0.1, 0.15) is 0 Å². The molecule has 4 heteroatoms. The third-order valence-electron chi connectivity index (χ3n) is 3.92. The van der Waals surface area contributed by atoms with Gasteiger partial charge in [0.25, 0.3) is 0 Å². The van der Waals surface area contributed by atoms with Gasteiger partial charge in [-0.1, -0.05) is 32.6 Å². The number of rotatable bonds is 8. The predicted molar refractivity (Wildman–Crippen MR) is 71.6 cm³/mol. The van der Waals surface area contributed by atoms with E-state index >= 15 is 0 Å². The minimum atomic E-state index is -0.725. The molecule has 1 fully saturated rings. The van der Waals surface area contributed by atoms with Crippen molar-refractivity contribution in [3.05, 3.63) is 0 Å². The standard InChI is InChI=1S/C14H27NO3/c1-2-3-4-6-12-7-5-8-13(11-14(17)18)15(12)9-10-16/h12-13,16H,2-11H2,1H3,(H,17,18). The third kappa shape index (κ3) is 4.94. The first-order chi connectivity index (χ1) is 8.69. The van der Waals surface area contributed by atoms with E-state index in [0.717, 1.165) is 25.7 Å². The zero-order chi connectivity index (χ0) is 13.4. The molecule has 0 aromatic heterocycles. The van der Waals surface area contributed by atoms with E-state index in [1.807, 2.05) is 0 Å². The van der Waals surface area contributed by atoms with Gasteiger partial charge >= 0.3 is 5.97 Å². The summed E-state index contributed by atoms with van der Waals surface area (Å²) in [6.45, 7) is 2.94. The predicted octanol–water partition coefficient (Wildman–Crippen LogP) is 2.26. The Hall–Kier alpha value is -0.610. The highest BCUT2D eigenvalue weighted by atomic mass is 16.4. The smallest absolute Gasteiger partial charge is 0.304 e. The Kier molecular flexibility index (Phi) is 7.28. The van der Waals surface area contributed by atoms with Crippen LogP contribution in [0.1, 0.15) is 58.3 Å². The van der Waals surface area contributed by atoms with Crippen molar-refractivity contribution in [1.29, 1.82) is 0 Å². The minimum Gasteiger partial charge on any atom is -0.481 e. The molecule has 0 amide bonds. The molecule has 0 radical (unpaired) electrons. The van der Waals surface area contributed by atoms with Gasteiger partial charge in [0.05, 0.1) is 13.0 Å². The lowest BCUT2D eigenvalue weighted by Crippen LogP contribution is -2.48. The molecule has 1 aliphatic heterocycles. The number of carbonyl (C=O) groups is 1. The van der Waals surface area contributed by atoms with Crippen LogP contribution in [0.3, 0.4) is 0 Å². The summed E-state index contributed by atoms with van der Waals surface area (Å²) in [6, 6.07) is 0.594. The topological polar surface area (TPSA) is 60.8 Å². The number of aliphatic carboxylic acids is 1. The maximum absolute atomic E-state index is 10.9. The number of hydrogen-bond donors (Lipinski definition) is 2. The number of piperidine rings is 1. The lowest BCUT2D eigenvalue weighted by molar-refractivity contribution is -0.139. The van der Waals surface area contributed by atoms with Crippen molar-refractivity contribution < 1.29 is 15.0 Å². The fourth-order valence-corrected chi connectivity index (χ4v) is 3.06. The molecule has 1 aliphatic rings. The molecule has 0 saturated carbocycles. The minimum absolute atomic E-state index is 0.120. The molecule has 2 atom stereocenters. The molecule has 1 saturated heterocycles. The van der Waals surface area contributed by atoms with Crippen LogP contribution in [0, 0.1) is 0 Å². The molecule has 1 heterocycles. The van der Waals surface area contributed by atoms with E-state index in [1.165, 1.54) is 19.3 Å². The van der Waals surface area contributed by atoms with Gasteiger partial charge in [0.2, 0.25) is 0 Å². The second-order valence-electron chi connectivity index (χ2n) is 5.29. The van der Waals surface area contributed by atoms with Crippen LogP contribution in [0.25, 0.3) is 0 Å². The summed E-state index contributed by atoms with van der Waals surface area (Å²) in [5.74, 6) is -0.725. The van der Waals surface area contributed by atoms with Gasteiger partial charge in [-0.15, -0.1) is 0 Å². The van der Waals surface area contributed by atoms with Crippen LogP contribution in [-0.2, 0) is 4.79 Å². The van der Waals surface area contributed by atoms with Crippen molar-refractivity contribution in [3.8, 4) is 0 Å². The Balaban J connectivity index is 2.54. The highest BCUT2D eigenvalue weighted by Crippen LogP contribution is 2.27. The van der Waals surface area contributed by atoms with E-state index in [-0.39, 0.29) is 19.1 Å². The number of aliphatic hydroxyl groups is 1. The summed E-state index contributed by atoms with van der Waals surface area (Å²) in [5, 5.41) is 18.1. The largest absolute Gasteiger partial charge is 0.481 e. The lowest BCUT2D eigenvalue weighted by atomic mass is 9.90. The summed E-state index contributed by atoms with van der Waals surface area (Å²) < 4.78 is 0. The third-order valence-corrected chi connectivity index (χ3v) is 3.92. The van der Waals surface area contributed by atoms with E-state index in [4.69, 9.17) is 5.11 Å². The number of hydrogen-bond acceptors (Lipinski definition) is 3. The Morgan fingerprint density at radius 1 is 1.28 bits per heavy atom. The second kappa shape index (κ2) is 8.48.